The highest BCUT2D eigenvalue weighted by Gasteiger charge is 2.06. The van der Waals surface area contributed by atoms with Crippen molar-refractivity contribution in [2.75, 3.05) is 0 Å². The Balaban J connectivity index is 2.66. The summed E-state index contributed by atoms with van der Waals surface area (Å²) in [7, 11) is 0. The van der Waals surface area contributed by atoms with Gasteiger partial charge in [-0.05, 0) is 6.92 Å². The van der Waals surface area contributed by atoms with Crippen LogP contribution in [0.15, 0.2) is 17.0 Å². The molecule has 13 heavy (non-hydrogen) atoms. The highest BCUT2D eigenvalue weighted by atomic mass is 32.1. The number of hydrogen-bond donors (Lipinski definition) is 0. The van der Waals surface area contributed by atoms with Gasteiger partial charge < -0.3 is 0 Å². The van der Waals surface area contributed by atoms with Crippen molar-refractivity contribution in [3.05, 3.63) is 22.8 Å². The van der Waals surface area contributed by atoms with Crippen LogP contribution >= 0.6 is 11.3 Å². The molecule has 0 fully saturated rings. The molecule has 64 valence electrons. The normalized spacial score (nSPS) is 11.5. The van der Waals surface area contributed by atoms with E-state index in [0.717, 1.165) is 22.2 Å². The SMILES string of the molecule is Cc1nnc2c3cscc3cnn12. The molecule has 3 heterocycles. The Morgan fingerprint density at radius 2 is 2.23 bits per heavy atom. The van der Waals surface area contributed by atoms with Crippen LogP contribution in [0.5, 0.6) is 0 Å². The first-order valence-corrected chi connectivity index (χ1v) is 4.83. The first-order chi connectivity index (χ1) is 6.36. The van der Waals surface area contributed by atoms with E-state index in [1.54, 1.807) is 15.9 Å². The van der Waals surface area contributed by atoms with E-state index >= 15 is 0 Å². The van der Waals surface area contributed by atoms with E-state index in [-0.39, 0.29) is 0 Å². The zero-order valence-corrected chi connectivity index (χ0v) is 7.75. The molecule has 0 aliphatic rings. The molecule has 0 atom stereocenters. The van der Waals surface area contributed by atoms with E-state index < -0.39 is 0 Å². The van der Waals surface area contributed by atoms with Gasteiger partial charge in [0.1, 0.15) is 0 Å². The third-order valence-electron chi connectivity index (χ3n) is 2.04. The molecule has 0 aliphatic carbocycles. The van der Waals surface area contributed by atoms with Crippen LogP contribution in [0.1, 0.15) is 5.82 Å². The van der Waals surface area contributed by atoms with Crippen molar-refractivity contribution in [2.24, 2.45) is 0 Å². The molecule has 4 nitrogen and oxygen atoms in total. The molecule has 0 N–H and O–H groups in total. The Labute approximate surface area is 77.8 Å². The molecule has 5 heteroatoms. The van der Waals surface area contributed by atoms with Crippen LogP contribution in [-0.2, 0) is 0 Å². The van der Waals surface area contributed by atoms with Crippen molar-refractivity contribution in [3.63, 3.8) is 0 Å². The van der Waals surface area contributed by atoms with E-state index in [2.05, 4.69) is 26.1 Å². The van der Waals surface area contributed by atoms with E-state index in [1.165, 1.54) is 0 Å². The number of fused-ring (bicyclic) bond motifs is 3. The third kappa shape index (κ3) is 0.818. The molecule has 0 bridgehead atoms. The van der Waals surface area contributed by atoms with Crippen LogP contribution in [0.25, 0.3) is 16.4 Å². The predicted molar refractivity (Wildman–Crippen MR) is 50.9 cm³/mol. The maximum absolute atomic E-state index is 4.24. The number of thiophene rings is 1. The summed E-state index contributed by atoms with van der Waals surface area (Å²) in [6, 6.07) is 0. The molecule has 3 aromatic rings. The van der Waals surface area contributed by atoms with Crippen molar-refractivity contribution in [1.82, 2.24) is 19.8 Å². The Morgan fingerprint density at radius 3 is 3.15 bits per heavy atom. The van der Waals surface area contributed by atoms with E-state index in [0.29, 0.717) is 0 Å². The van der Waals surface area contributed by atoms with Gasteiger partial charge >= 0.3 is 0 Å². The Kier molecular flexibility index (Phi) is 1.21. The lowest BCUT2D eigenvalue weighted by atomic mass is 10.3. The van der Waals surface area contributed by atoms with Gasteiger partial charge in [0.05, 0.1) is 6.20 Å². The lowest BCUT2D eigenvalue weighted by Gasteiger charge is -1.92. The maximum atomic E-state index is 4.24. The summed E-state index contributed by atoms with van der Waals surface area (Å²) in [6.45, 7) is 1.89. The minimum atomic E-state index is 0.822. The number of nitrogens with zero attached hydrogens (tertiary/aromatic N) is 4. The van der Waals surface area contributed by atoms with Crippen LogP contribution in [0.4, 0.5) is 0 Å². The summed E-state index contributed by atoms with van der Waals surface area (Å²) in [5, 5.41) is 18.7. The van der Waals surface area contributed by atoms with Gasteiger partial charge in [0.25, 0.3) is 0 Å². The van der Waals surface area contributed by atoms with Gasteiger partial charge in [0, 0.05) is 21.5 Å². The van der Waals surface area contributed by atoms with Gasteiger partial charge in [0.15, 0.2) is 11.5 Å². The average Bonchev–Trinajstić information content (AvgIpc) is 2.70. The van der Waals surface area contributed by atoms with Crippen LogP contribution < -0.4 is 0 Å². The molecule has 0 spiro atoms. The molecule has 0 unspecified atom stereocenters. The largest absolute Gasteiger partial charge is 0.197 e. The van der Waals surface area contributed by atoms with Crippen molar-refractivity contribution < 1.29 is 0 Å². The monoisotopic (exact) mass is 190 g/mol. The van der Waals surface area contributed by atoms with Crippen LogP contribution in [0.3, 0.4) is 0 Å². The maximum Gasteiger partial charge on any atom is 0.186 e. The zero-order chi connectivity index (χ0) is 8.84. The summed E-state index contributed by atoms with van der Waals surface area (Å²) in [5.74, 6) is 0.822. The second-order valence-corrected chi connectivity index (χ2v) is 3.61. The molecule has 0 amide bonds. The van der Waals surface area contributed by atoms with E-state index in [4.69, 9.17) is 0 Å². The summed E-state index contributed by atoms with van der Waals surface area (Å²) < 4.78 is 1.76. The second-order valence-electron chi connectivity index (χ2n) is 2.87. The van der Waals surface area contributed by atoms with Gasteiger partial charge in [-0.1, -0.05) is 0 Å². The first kappa shape index (κ1) is 6.97. The average molecular weight is 190 g/mol. The molecule has 0 saturated carbocycles. The topological polar surface area (TPSA) is 43.1 Å². The summed E-state index contributed by atoms with van der Waals surface area (Å²) in [5.41, 5.74) is 0.844. The molecule has 0 aromatic carbocycles. The minimum absolute atomic E-state index is 0.822. The van der Waals surface area contributed by atoms with Crippen LogP contribution in [0, 0.1) is 6.92 Å². The Bertz CT molecular complexity index is 580. The lowest BCUT2D eigenvalue weighted by molar-refractivity contribution is 0.882. The summed E-state index contributed by atoms with van der Waals surface area (Å²) in [6.07, 6.45) is 1.84. The van der Waals surface area contributed by atoms with Crippen molar-refractivity contribution >= 4 is 27.8 Å². The van der Waals surface area contributed by atoms with E-state index in [1.807, 2.05) is 13.1 Å². The fourth-order valence-electron chi connectivity index (χ4n) is 1.37. The van der Waals surface area contributed by atoms with Crippen molar-refractivity contribution in [1.29, 1.82) is 0 Å². The van der Waals surface area contributed by atoms with Gasteiger partial charge in [-0.2, -0.15) is 21.0 Å². The second kappa shape index (κ2) is 2.26. The standard InChI is InChI=1S/C8H6N4S/c1-5-10-11-8-7-4-13-3-6(7)2-9-12(5)8/h2-4H,1H3. The predicted octanol–water partition coefficient (Wildman–Crippen LogP) is 1.65. The number of aromatic nitrogens is 4. The summed E-state index contributed by atoms with van der Waals surface area (Å²) >= 11 is 1.66. The van der Waals surface area contributed by atoms with Gasteiger partial charge in [-0.15, -0.1) is 10.2 Å². The first-order valence-electron chi connectivity index (χ1n) is 3.89. The fraction of sp³-hybridized carbons (Fsp3) is 0.125. The molecule has 0 aliphatic heterocycles. The Morgan fingerprint density at radius 1 is 1.31 bits per heavy atom. The zero-order valence-electron chi connectivity index (χ0n) is 6.93. The van der Waals surface area contributed by atoms with Gasteiger partial charge in [0.2, 0.25) is 0 Å². The fourth-order valence-corrected chi connectivity index (χ4v) is 2.15. The lowest BCUT2D eigenvalue weighted by Crippen LogP contribution is -1.92. The minimum Gasteiger partial charge on any atom is -0.197 e. The third-order valence-corrected chi connectivity index (χ3v) is 2.80. The van der Waals surface area contributed by atoms with E-state index in [9.17, 15) is 0 Å². The highest BCUT2D eigenvalue weighted by Crippen LogP contribution is 2.21. The number of rotatable bonds is 0. The molecular weight excluding hydrogens is 184 g/mol. The molecule has 3 rings (SSSR count). The summed E-state index contributed by atoms with van der Waals surface area (Å²) in [4.78, 5) is 0. The van der Waals surface area contributed by atoms with Crippen LogP contribution in [-0.4, -0.2) is 19.8 Å². The number of hydrogen-bond acceptors (Lipinski definition) is 4. The van der Waals surface area contributed by atoms with Gasteiger partial charge in [-0.25, -0.2) is 0 Å². The quantitative estimate of drug-likeness (QED) is 0.541. The number of aryl methyl sites for hydroxylation is 1. The Hall–Kier alpha value is -1.49. The van der Waals surface area contributed by atoms with Gasteiger partial charge in [-0.3, -0.25) is 0 Å². The molecule has 3 aromatic heterocycles. The smallest absolute Gasteiger partial charge is 0.186 e. The molecule has 0 saturated heterocycles. The molecular formula is C8H6N4S. The highest BCUT2D eigenvalue weighted by molar-refractivity contribution is 7.09. The van der Waals surface area contributed by atoms with Crippen molar-refractivity contribution in [3.8, 4) is 0 Å². The van der Waals surface area contributed by atoms with Crippen molar-refractivity contribution in [2.45, 2.75) is 6.92 Å². The molecule has 0 radical (unpaired) electrons. The van der Waals surface area contributed by atoms with Crippen LogP contribution in [0.2, 0.25) is 0 Å².